The summed E-state index contributed by atoms with van der Waals surface area (Å²) in [4.78, 5) is 11.7. The summed E-state index contributed by atoms with van der Waals surface area (Å²) < 4.78 is 27.8. The molecule has 0 heterocycles. The van der Waals surface area contributed by atoms with Gasteiger partial charge in [0.05, 0.1) is 11.5 Å². The molecule has 0 fully saturated rings. The molecule has 0 aliphatic rings. The van der Waals surface area contributed by atoms with Crippen molar-refractivity contribution in [1.29, 1.82) is 0 Å². The number of hydrogen-bond acceptors (Lipinski definition) is 4. The Labute approximate surface area is 129 Å². The predicted octanol–water partition coefficient (Wildman–Crippen LogP) is 1.49. The van der Waals surface area contributed by atoms with Gasteiger partial charge in [-0.2, -0.15) is 0 Å². The van der Waals surface area contributed by atoms with Gasteiger partial charge in [-0.1, -0.05) is 36.4 Å². The molecular weight excluding hydrogens is 304 g/mol. The Morgan fingerprint density at radius 1 is 1.09 bits per heavy atom. The Hall–Kier alpha value is -2.22. The van der Waals surface area contributed by atoms with Crippen molar-refractivity contribution < 1.29 is 17.9 Å². The third-order valence-corrected chi connectivity index (χ3v) is 3.70. The van der Waals surface area contributed by atoms with Gasteiger partial charge in [-0.3, -0.25) is 4.79 Å². The van der Waals surface area contributed by atoms with Gasteiger partial charge >= 0.3 is 0 Å². The molecule has 116 valence electrons. The molecule has 6 nitrogen and oxygen atoms in total. The number of primary sulfonamides is 1. The molecule has 22 heavy (non-hydrogen) atoms. The van der Waals surface area contributed by atoms with Crippen LogP contribution in [0.25, 0.3) is 0 Å². The zero-order valence-corrected chi connectivity index (χ0v) is 12.5. The highest BCUT2D eigenvalue weighted by Gasteiger charge is 2.09. The van der Waals surface area contributed by atoms with Gasteiger partial charge in [-0.25, -0.2) is 13.6 Å². The molecule has 3 N–H and O–H groups in total. The van der Waals surface area contributed by atoms with E-state index in [0.717, 1.165) is 5.56 Å². The highest BCUT2D eigenvalue weighted by molar-refractivity contribution is 7.89. The number of nitrogens with two attached hydrogens (primary N) is 1. The molecule has 0 aromatic heterocycles. The SMILES string of the molecule is NS(=O)(=O)c1cccc(NC(=O)COCc2ccccc2)c1. The fourth-order valence-electron chi connectivity index (χ4n) is 1.78. The second-order valence-corrected chi connectivity index (χ2v) is 6.16. The number of benzene rings is 2. The van der Waals surface area contributed by atoms with Gasteiger partial charge in [0, 0.05) is 5.69 Å². The first-order valence-electron chi connectivity index (χ1n) is 6.49. The Morgan fingerprint density at radius 3 is 2.50 bits per heavy atom. The van der Waals surface area contributed by atoms with Gasteiger partial charge in [-0.15, -0.1) is 0 Å². The molecule has 7 heteroatoms. The van der Waals surface area contributed by atoms with E-state index < -0.39 is 10.0 Å². The molecule has 0 spiro atoms. The number of anilines is 1. The monoisotopic (exact) mass is 320 g/mol. The van der Waals surface area contributed by atoms with Crippen LogP contribution in [0.4, 0.5) is 5.69 Å². The van der Waals surface area contributed by atoms with Crippen LogP contribution in [0.15, 0.2) is 59.5 Å². The molecule has 0 saturated heterocycles. The van der Waals surface area contributed by atoms with Crippen LogP contribution in [-0.2, 0) is 26.2 Å². The standard InChI is InChI=1S/C15H16N2O4S/c16-22(19,20)14-8-4-7-13(9-14)17-15(18)11-21-10-12-5-2-1-3-6-12/h1-9H,10-11H2,(H,17,18)(H2,16,19,20). The van der Waals surface area contributed by atoms with E-state index in [-0.39, 0.29) is 17.4 Å². The zero-order valence-electron chi connectivity index (χ0n) is 11.7. The lowest BCUT2D eigenvalue weighted by Gasteiger charge is -2.07. The van der Waals surface area contributed by atoms with Crippen molar-refractivity contribution in [3.63, 3.8) is 0 Å². The Bertz CT molecular complexity index is 745. The molecule has 1 amide bonds. The summed E-state index contributed by atoms with van der Waals surface area (Å²) in [7, 11) is -3.80. The summed E-state index contributed by atoms with van der Waals surface area (Å²) in [5.41, 5.74) is 1.31. The number of carbonyl (C=O) groups is 1. The van der Waals surface area contributed by atoms with E-state index >= 15 is 0 Å². The van der Waals surface area contributed by atoms with Crippen LogP contribution < -0.4 is 10.5 Å². The number of carbonyl (C=O) groups excluding carboxylic acids is 1. The van der Waals surface area contributed by atoms with E-state index in [9.17, 15) is 13.2 Å². The number of rotatable bonds is 6. The second kappa shape index (κ2) is 7.17. The lowest BCUT2D eigenvalue weighted by atomic mass is 10.2. The first-order valence-corrected chi connectivity index (χ1v) is 8.04. The summed E-state index contributed by atoms with van der Waals surface area (Å²) in [6.07, 6.45) is 0. The molecule has 0 aliphatic carbocycles. The summed E-state index contributed by atoms with van der Waals surface area (Å²) in [6, 6.07) is 15.2. The normalized spacial score (nSPS) is 11.1. The van der Waals surface area contributed by atoms with Crippen LogP contribution in [0.5, 0.6) is 0 Å². The fourth-order valence-corrected chi connectivity index (χ4v) is 2.34. The minimum Gasteiger partial charge on any atom is -0.367 e. The lowest BCUT2D eigenvalue weighted by molar-refractivity contribution is -0.121. The number of sulfonamides is 1. The lowest BCUT2D eigenvalue weighted by Crippen LogP contribution is -2.19. The van der Waals surface area contributed by atoms with Crippen molar-refractivity contribution >= 4 is 21.6 Å². The summed E-state index contributed by atoms with van der Waals surface area (Å²) in [6.45, 7) is 0.194. The van der Waals surface area contributed by atoms with Gasteiger partial charge in [-0.05, 0) is 23.8 Å². The maximum Gasteiger partial charge on any atom is 0.250 e. The molecule has 0 bridgehead atoms. The molecule has 0 atom stereocenters. The van der Waals surface area contributed by atoms with E-state index in [4.69, 9.17) is 9.88 Å². The number of hydrogen-bond donors (Lipinski definition) is 2. The first kappa shape index (κ1) is 16.2. The summed E-state index contributed by atoms with van der Waals surface area (Å²) in [5, 5.41) is 7.59. The first-order chi connectivity index (χ1) is 10.4. The van der Waals surface area contributed by atoms with E-state index in [1.165, 1.54) is 18.2 Å². The van der Waals surface area contributed by atoms with Crippen LogP contribution in [0.2, 0.25) is 0 Å². The van der Waals surface area contributed by atoms with E-state index in [1.807, 2.05) is 30.3 Å². The van der Waals surface area contributed by atoms with Crippen molar-refractivity contribution in [2.24, 2.45) is 5.14 Å². The van der Waals surface area contributed by atoms with Crippen LogP contribution in [0.1, 0.15) is 5.56 Å². The molecule has 2 aromatic carbocycles. The maximum atomic E-state index is 11.7. The highest BCUT2D eigenvalue weighted by atomic mass is 32.2. The number of amides is 1. The summed E-state index contributed by atoms with van der Waals surface area (Å²) >= 11 is 0. The maximum absolute atomic E-state index is 11.7. The van der Waals surface area contributed by atoms with Crippen molar-refractivity contribution in [3.8, 4) is 0 Å². The van der Waals surface area contributed by atoms with Crippen LogP contribution in [0.3, 0.4) is 0 Å². The van der Waals surface area contributed by atoms with E-state index in [2.05, 4.69) is 5.32 Å². The van der Waals surface area contributed by atoms with Crippen molar-refractivity contribution in [1.82, 2.24) is 0 Å². The quantitative estimate of drug-likeness (QED) is 0.842. The third-order valence-electron chi connectivity index (χ3n) is 2.79. The predicted molar refractivity (Wildman–Crippen MR) is 82.5 cm³/mol. The largest absolute Gasteiger partial charge is 0.367 e. The van der Waals surface area contributed by atoms with Crippen molar-refractivity contribution in [2.75, 3.05) is 11.9 Å². The average Bonchev–Trinajstić information content (AvgIpc) is 2.48. The summed E-state index contributed by atoms with van der Waals surface area (Å²) in [5.74, 6) is -0.373. The van der Waals surface area contributed by atoms with Gasteiger partial charge in [0.1, 0.15) is 6.61 Å². The van der Waals surface area contributed by atoms with Gasteiger partial charge < -0.3 is 10.1 Å². The smallest absolute Gasteiger partial charge is 0.250 e. The zero-order chi connectivity index (χ0) is 16.0. The number of nitrogens with one attached hydrogen (secondary N) is 1. The molecule has 0 aliphatic heterocycles. The molecular formula is C15H16N2O4S. The van der Waals surface area contributed by atoms with Crippen LogP contribution in [0, 0.1) is 0 Å². The fraction of sp³-hybridized carbons (Fsp3) is 0.133. The minimum absolute atomic E-state index is 0.0597. The van der Waals surface area contributed by atoms with Crippen LogP contribution in [-0.4, -0.2) is 20.9 Å². The molecule has 0 radical (unpaired) electrons. The Morgan fingerprint density at radius 2 is 1.82 bits per heavy atom. The Balaban J connectivity index is 1.87. The third kappa shape index (κ3) is 4.96. The minimum atomic E-state index is -3.80. The van der Waals surface area contributed by atoms with Gasteiger partial charge in [0.25, 0.3) is 0 Å². The molecule has 0 unspecified atom stereocenters. The second-order valence-electron chi connectivity index (χ2n) is 4.60. The van der Waals surface area contributed by atoms with E-state index in [1.54, 1.807) is 6.07 Å². The van der Waals surface area contributed by atoms with Crippen molar-refractivity contribution in [3.05, 3.63) is 60.2 Å². The Kier molecular flexibility index (Phi) is 5.26. The average molecular weight is 320 g/mol. The topological polar surface area (TPSA) is 98.5 Å². The molecule has 2 aromatic rings. The van der Waals surface area contributed by atoms with Gasteiger partial charge in [0.2, 0.25) is 15.9 Å². The van der Waals surface area contributed by atoms with Crippen LogP contribution >= 0.6 is 0 Å². The molecule has 2 rings (SSSR count). The number of ether oxygens (including phenoxy) is 1. The van der Waals surface area contributed by atoms with E-state index in [0.29, 0.717) is 12.3 Å². The highest BCUT2D eigenvalue weighted by Crippen LogP contribution is 2.14. The van der Waals surface area contributed by atoms with Crippen molar-refractivity contribution in [2.45, 2.75) is 11.5 Å². The molecule has 0 saturated carbocycles. The van der Waals surface area contributed by atoms with Gasteiger partial charge in [0.15, 0.2) is 0 Å².